The van der Waals surface area contributed by atoms with Crippen molar-refractivity contribution in [3.63, 3.8) is 0 Å². The van der Waals surface area contributed by atoms with Crippen molar-refractivity contribution in [1.29, 1.82) is 0 Å². The third-order valence-corrected chi connectivity index (χ3v) is 5.48. The summed E-state index contributed by atoms with van der Waals surface area (Å²) < 4.78 is 15.8. The molecule has 1 saturated heterocycles. The molecule has 1 aliphatic rings. The normalized spacial score (nSPS) is 16.3. The highest BCUT2D eigenvalue weighted by Gasteiger charge is 2.35. The van der Waals surface area contributed by atoms with Crippen molar-refractivity contribution in [3.05, 3.63) is 67.1 Å². The first-order valence-electron chi connectivity index (χ1n) is 10.0. The quantitative estimate of drug-likeness (QED) is 0.598. The van der Waals surface area contributed by atoms with Gasteiger partial charge < -0.3 is 10.0 Å². The lowest BCUT2D eigenvalue weighted by atomic mass is 10.00. The maximum absolute atomic E-state index is 14.3. The molecular formula is C23H25FN4O2. The lowest BCUT2D eigenvalue weighted by Gasteiger charge is -2.28. The smallest absolute Gasteiger partial charge is 0.324 e. The molecule has 30 heavy (non-hydrogen) atoms. The number of rotatable bonds is 7. The predicted molar refractivity (Wildman–Crippen MR) is 115 cm³/mol. The summed E-state index contributed by atoms with van der Waals surface area (Å²) in [7, 11) is 0. The number of halogens is 1. The average molecular weight is 408 g/mol. The van der Waals surface area contributed by atoms with Crippen molar-refractivity contribution < 1.29 is 14.3 Å². The second-order valence-electron chi connectivity index (χ2n) is 7.90. The second-order valence-corrected chi connectivity index (χ2v) is 7.90. The molecule has 1 unspecified atom stereocenters. The van der Waals surface area contributed by atoms with Crippen LogP contribution in [0.3, 0.4) is 0 Å². The monoisotopic (exact) mass is 408 g/mol. The summed E-state index contributed by atoms with van der Waals surface area (Å²) >= 11 is 0. The summed E-state index contributed by atoms with van der Waals surface area (Å²) in [6.07, 6.45) is 4.66. The highest BCUT2D eigenvalue weighted by atomic mass is 19.1. The number of anilines is 1. The van der Waals surface area contributed by atoms with E-state index < -0.39 is 5.60 Å². The van der Waals surface area contributed by atoms with Crippen LogP contribution in [0.2, 0.25) is 0 Å². The van der Waals surface area contributed by atoms with Crippen LogP contribution >= 0.6 is 0 Å². The van der Waals surface area contributed by atoms with Gasteiger partial charge in [0.25, 0.3) is 0 Å². The zero-order chi connectivity index (χ0) is 21.3. The van der Waals surface area contributed by atoms with Crippen LogP contribution < -0.4 is 4.90 Å². The van der Waals surface area contributed by atoms with E-state index in [1.54, 1.807) is 51.9 Å². The molecule has 2 aromatic carbocycles. The van der Waals surface area contributed by atoms with E-state index in [2.05, 4.69) is 11.7 Å². The van der Waals surface area contributed by atoms with E-state index in [9.17, 15) is 14.3 Å². The summed E-state index contributed by atoms with van der Waals surface area (Å²) in [5.41, 5.74) is 0.842. The third-order valence-electron chi connectivity index (χ3n) is 5.48. The summed E-state index contributed by atoms with van der Waals surface area (Å²) in [4.78, 5) is 16.4. The van der Waals surface area contributed by atoms with E-state index in [-0.39, 0.29) is 18.4 Å². The van der Waals surface area contributed by atoms with E-state index in [1.165, 1.54) is 6.07 Å². The minimum absolute atomic E-state index is 0.153. The number of amides is 2. The van der Waals surface area contributed by atoms with Gasteiger partial charge in [-0.3, -0.25) is 4.90 Å². The Morgan fingerprint density at radius 3 is 2.73 bits per heavy atom. The Morgan fingerprint density at radius 1 is 1.20 bits per heavy atom. The SMILES string of the molecule is C=CCCC(C)(O)CN1CCN(c2cccc3c2cnn3-c2ccccc2F)C1=O. The average Bonchev–Trinajstić information content (AvgIpc) is 3.31. The van der Waals surface area contributed by atoms with Crippen LogP contribution in [0.25, 0.3) is 16.6 Å². The van der Waals surface area contributed by atoms with Crippen molar-refractivity contribution in [2.75, 3.05) is 24.5 Å². The molecule has 0 aliphatic carbocycles. The number of urea groups is 1. The van der Waals surface area contributed by atoms with Crippen LogP contribution in [0.15, 0.2) is 61.3 Å². The van der Waals surface area contributed by atoms with Crippen molar-refractivity contribution >= 4 is 22.6 Å². The van der Waals surface area contributed by atoms with Gasteiger partial charge in [0.2, 0.25) is 0 Å². The van der Waals surface area contributed by atoms with Gasteiger partial charge in [-0.25, -0.2) is 13.9 Å². The molecular weight excluding hydrogens is 383 g/mol. The van der Waals surface area contributed by atoms with Gasteiger partial charge in [-0.2, -0.15) is 5.10 Å². The number of fused-ring (bicyclic) bond motifs is 1. The number of benzene rings is 2. The largest absolute Gasteiger partial charge is 0.388 e. The number of β-amino-alcohol motifs (C(OH)–C–C–N with tert-alkyl or cyclic N) is 1. The Morgan fingerprint density at radius 2 is 1.97 bits per heavy atom. The number of hydrogen-bond donors (Lipinski definition) is 1. The molecule has 1 aliphatic heterocycles. The molecule has 1 N–H and O–H groups in total. The number of carbonyl (C=O) groups excluding carboxylic acids is 1. The van der Waals surface area contributed by atoms with Crippen LogP contribution in [0.5, 0.6) is 0 Å². The van der Waals surface area contributed by atoms with Crippen molar-refractivity contribution in [2.24, 2.45) is 0 Å². The number of aromatic nitrogens is 2. The molecule has 3 aromatic rings. The van der Waals surface area contributed by atoms with Gasteiger partial charge in [0.15, 0.2) is 0 Å². The first-order valence-corrected chi connectivity index (χ1v) is 10.0. The highest BCUT2D eigenvalue weighted by molar-refractivity contribution is 6.03. The van der Waals surface area contributed by atoms with Gasteiger partial charge in [0, 0.05) is 18.5 Å². The van der Waals surface area contributed by atoms with Gasteiger partial charge in [0.05, 0.1) is 29.5 Å². The fraction of sp³-hybridized carbons (Fsp3) is 0.304. The first-order chi connectivity index (χ1) is 14.4. The predicted octanol–water partition coefficient (Wildman–Crippen LogP) is 4.12. The van der Waals surface area contributed by atoms with Gasteiger partial charge in [-0.05, 0) is 44.0 Å². The maximum Gasteiger partial charge on any atom is 0.324 e. The Labute approximate surface area is 174 Å². The molecule has 1 fully saturated rings. The van der Waals surface area contributed by atoms with E-state index in [4.69, 9.17) is 0 Å². The summed E-state index contributed by atoms with van der Waals surface area (Å²) in [6, 6.07) is 11.9. The zero-order valence-electron chi connectivity index (χ0n) is 17.0. The Kier molecular flexibility index (Phi) is 5.30. The number of nitrogens with zero attached hydrogens (tertiary/aromatic N) is 4. The summed E-state index contributed by atoms with van der Waals surface area (Å²) in [5, 5.41) is 15.7. The van der Waals surface area contributed by atoms with Crippen molar-refractivity contribution in [3.8, 4) is 5.69 Å². The highest BCUT2D eigenvalue weighted by Crippen LogP contribution is 2.31. The number of aliphatic hydroxyl groups is 1. The molecule has 0 radical (unpaired) electrons. The third kappa shape index (κ3) is 3.68. The molecule has 4 rings (SSSR count). The van der Waals surface area contributed by atoms with Crippen LogP contribution in [-0.2, 0) is 0 Å². The minimum Gasteiger partial charge on any atom is -0.388 e. The van der Waals surface area contributed by atoms with Gasteiger partial charge in [-0.1, -0.05) is 24.3 Å². The van der Waals surface area contributed by atoms with Gasteiger partial charge in [-0.15, -0.1) is 6.58 Å². The number of hydrogen-bond acceptors (Lipinski definition) is 3. The maximum atomic E-state index is 14.3. The summed E-state index contributed by atoms with van der Waals surface area (Å²) in [6.45, 7) is 6.74. The van der Waals surface area contributed by atoms with E-state index in [0.29, 0.717) is 31.6 Å². The molecule has 156 valence electrons. The Balaban J connectivity index is 1.62. The summed E-state index contributed by atoms with van der Waals surface area (Å²) in [5.74, 6) is -0.363. The van der Waals surface area contributed by atoms with Crippen LogP contribution in [-0.4, -0.2) is 51.1 Å². The lowest BCUT2D eigenvalue weighted by molar-refractivity contribution is 0.0279. The Bertz CT molecular complexity index is 1090. The zero-order valence-corrected chi connectivity index (χ0v) is 17.0. The molecule has 1 aromatic heterocycles. The fourth-order valence-electron chi connectivity index (χ4n) is 3.94. The fourth-order valence-corrected chi connectivity index (χ4v) is 3.94. The standard InChI is InChI=1S/C23H25FN4O2/c1-3-4-12-23(2,30)16-26-13-14-27(22(26)29)19-10-7-11-20-17(19)15-25-28(20)21-9-6-5-8-18(21)24/h3,5-11,15,30H,1,4,12-14,16H2,2H3. The first kappa shape index (κ1) is 20.1. The van der Waals surface area contributed by atoms with Gasteiger partial charge in [0.1, 0.15) is 11.5 Å². The molecule has 0 saturated carbocycles. The minimum atomic E-state index is -0.971. The van der Waals surface area contributed by atoms with Gasteiger partial charge >= 0.3 is 6.03 Å². The Hall–Kier alpha value is -3.19. The number of carbonyl (C=O) groups is 1. The molecule has 0 bridgehead atoms. The lowest BCUT2D eigenvalue weighted by Crippen LogP contribution is -2.43. The van der Waals surface area contributed by atoms with E-state index in [1.807, 2.05) is 18.2 Å². The van der Waals surface area contributed by atoms with Crippen LogP contribution in [0.4, 0.5) is 14.9 Å². The number of allylic oxidation sites excluding steroid dienone is 1. The number of para-hydroxylation sites is 1. The molecule has 2 amide bonds. The molecule has 0 spiro atoms. The molecule has 7 heteroatoms. The second kappa shape index (κ2) is 7.91. The molecule has 2 heterocycles. The molecule has 1 atom stereocenters. The van der Waals surface area contributed by atoms with Crippen molar-refractivity contribution in [1.82, 2.24) is 14.7 Å². The van der Waals surface area contributed by atoms with Crippen molar-refractivity contribution in [2.45, 2.75) is 25.4 Å². The van der Waals surface area contributed by atoms with E-state index in [0.717, 1.165) is 16.6 Å². The molecule has 6 nitrogen and oxygen atoms in total. The topological polar surface area (TPSA) is 61.6 Å². The van der Waals surface area contributed by atoms with E-state index >= 15 is 0 Å². The van der Waals surface area contributed by atoms with Crippen LogP contribution in [0, 0.1) is 5.82 Å². The van der Waals surface area contributed by atoms with Crippen LogP contribution in [0.1, 0.15) is 19.8 Å².